The van der Waals surface area contributed by atoms with Crippen molar-refractivity contribution >= 4 is 17.5 Å². The number of nitrogens with one attached hydrogen (secondary N) is 2. The molecule has 2 N–H and O–H groups in total. The number of hydrogen-bond donors (Lipinski definition) is 2. The van der Waals surface area contributed by atoms with Gasteiger partial charge in [0.1, 0.15) is 18.0 Å². The van der Waals surface area contributed by atoms with Gasteiger partial charge in [-0.05, 0) is 59.8 Å². The Bertz CT molecular complexity index is 1090. The number of anilines is 1. The Morgan fingerprint density at radius 1 is 1.30 bits per heavy atom. The number of benzene rings is 2. The molecule has 0 aliphatic carbocycles. The molecule has 2 heterocycles. The lowest BCUT2D eigenvalue weighted by Gasteiger charge is -2.18. The monoisotopic (exact) mass is 450 g/mol. The number of rotatable bonds is 5. The second-order valence-corrected chi connectivity index (χ2v) is 8.38. The summed E-state index contributed by atoms with van der Waals surface area (Å²) in [5.41, 5.74) is 3.91. The summed E-state index contributed by atoms with van der Waals surface area (Å²) in [6, 6.07) is 11.9. The Kier molecular flexibility index (Phi) is 7.02. The van der Waals surface area contributed by atoms with Crippen molar-refractivity contribution in [2.75, 3.05) is 31.1 Å². The van der Waals surface area contributed by atoms with Crippen LogP contribution in [0.25, 0.3) is 11.1 Å². The van der Waals surface area contributed by atoms with Gasteiger partial charge in [0.25, 0.3) is 5.91 Å². The molecule has 0 saturated carbocycles. The molecule has 0 radical (unpaired) electrons. The molecule has 2 aromatic carbocycles. The van der Waals surface area contributed by atoms with Gasteiger partial charge in [-0.15, -0.1) is 0 Å². The molecule has 0 aromatic heterocycles. The Labute approximate surface area is 192 Å². The van der Waals surface area contributed by atoms with Crippen LogP contribution in [0.2, 0.25) is 0 Å². The lowest BCUT2D eigenvalue weighted by Crippen LogP contribution is -2.46. The van der Waals surface area contributed by atoms with Crippen LogP contribution in [-0.2, 0) is 27.2 Å². The maximum absolute atomic E-state index is 14.9. The second-order valence-electron chi connectivity index (χ2n) is 8.38. The second kappa shape index (κ2) is 10.1. The van der Waals surface area contributed by atoms with Crippen LogP contribution in [0.4, 0.5) is 10.1 Å². The van der Waals surface area contributed by atoms with Crippen molar-refractivity contribution < 1.29 is 18.7 Å². The number of nitrogens with zero attached hydrogens (tertiary/aromatic N) is 2. The van der Waals surface area contributed by atoms with E-state index in [2.05, 4.69) is 10.6 Å². The zero-order valence-corrected chi connectivity index (χ0v) is 18.6. The third kappa shape index (κ3) is 5.21. The highest BCUT2D eigenvalue weighted by atomic mass is 19.1. The van der Waals surface area contributed by atoms with Gasteiger partial charge < -0.3 is 20.3 Å². The molecular weight excluding hydrogens is 423 g/mol. The molecular formula is C25H27FN4O3. The first-order chi connectivity index (χ1) is 16.0. The fraction of sp³-hybridized carbons (Fsp3) is 0.400. The summed E-state index contributed by atoms with van der Waals surface area (Å²) < 4.78 is 20.4. The highest BCUT2D eigenvalue weighted by Crippen LogP contribution is 2.33. The Balaban J connectivity index is 1.44. The lowest BCUT2D eigenvalue weighted by molar-refractivity contribution is -0.132. The van der Waals surface area contributed by atoms with Gasteiger partial charge in [-0.3, -0.25) is 9.59 Å². The van der Waals surface area contributed by atoms with E-state index in [-0.39, 0.29) is 18.2 Å². The van der Waals surface area contributed by atoms with Crippen molar-refractivity contribution in [3.05, 3.63) is 53.3 Å². The average Bonchev–Trinajstić information content (AvgIpc) is 3.04. The maximum atomic E-state index is 14.9. The minimum Gasteiger partial charge on any atom is -0.367 e. The first kappa shape index (κ1) is 22.9. The van der Waals surface area contributed by atoms with Crippen molar-refractivity contribution in [1.29, 1.82) is 5.26 Å². The Morgan fingerprint density at radius 2 is 2.09 bits per heavy atom. The molecule has 1 fully saturated rings. The topological polar surface area (TPSA) is 94.5 Å². The fourth-order valence-electron chi connectivity index (χ4n) is 4.30. The first-order valence-corrected chi connectivity index (χ1v) is 11.2. The van der Waals surface area contributed by atoms with E-state index in [0.29, 0.717) is 25.3 Å². The van der Waals surface area contributed by atoms with Crippen LogP contribution in [0.5, 0.6) is 0 Å². The van der Waals surface area contributed by atoms with Gasteiger partial charge >= 0.3 is 0 Å². The quantitative estimate of drug-likeness (QED) is 0.729. The molecule has 2 aliphatic rings. The van der Waals surface area contributed by atoms with E-state index in [1.165, 1.54) is 6.07 Å². The number of nitriles is 1. The lowest BCUT2D eigenvalue weighted by atomic mass is 9.98. The van der Waals surface area contributed by atoms with Gasteiger partial charge in [-0.2, -0.15) is 5.26 Å². The number of ether oxygens (including phenoxy) is 1. The van der Waals surface area contributed by atoms with Crippen molar-refractivity contribution in [2.45, 2.75) is 38.3 Å². The molecule has 1 unspecified atom stereocenters. The molecule has 172 valence electrons. The smallest absolute Gasteiger partial charge is 0.251 e. The van der Waals surface area contributed by atoms with E-state index < -0.39 is 18.0 Å². The van der Waals surface area contributed by atoms with Crippen LogP contribution in [0, 0.1) is 17.1 Å². The summed E-state index contributed by atoms with van der Waals surface area (Å²) in [5, 5.41) is 15.3. The van der Waals surface area contributed by atoms with Gasteiger partial charge in [0, 0.05) is 38.7 Å². The number of carbonyl (C=O) groups is 2. The number of fused-ring (bicyclic) bond motifs is 1. The van der Waals surface area contributed by atoms with E-state index in [1.54, 1.807) is 17.9 Å². The van der Waals surface area contributed by atoms with Crippen molar-refractivity contribution in [3.8, 4) is 17.2 Å². The SMILES string of the molecule is CC(=O)N1CCc2cc(-c3ccc(C[C@@H](C#N)NC(=O)C4CNCCCO4)c(F)c3)ccc21. The highest BCUT2D eigenvalue weighted by molar-refractivity contribution is 5.94. The summed E-state index contributed by atoms with van der Waals surface area (Å²) in [6.07, 6.45) is 0.996. The zero-order chi connectivity index (χ0) is 23.4. The van der Waals surface area contributed by atoms with E-state index in [9.17, 15) is 19.2 Å². The van der Waals surface area contributed by atoms with Crippen molar-refractivity contribution in [2.24, 2.45) is 0 Å². The van der Waals surface area contributed by atoms with Crippen LogP contribution in [0.1, 0.15) is 24.5 Å². The number of hydrogen-bond acceptors (Lipinski definition) is 5. The van der Waals surface area contributed by atoms with Crippen LogP contribution < -0.4 is 15.5 Å². The zero-order valence-electron chi connectivity index (χ0n) is 18.6. The van der Waals surface area contributed by atoms with Crippen LogP contribution in [0.3, 0.4) is 0 Å². The molecule has 33 heavy (non-hydrogen) atoms. The molecule has 2 aliphatic heterocycles. The van der Waals surface area contributed by atoms with Gasteiger partial charge in [0.15, 0.2) is 0 Å². The van der Waals surface area contributed by atoms with E-state index in [4.69, 9.17) is 4.74 Å². The predicted molar refractivity (Wildman–Crippen MR) is 122 cm³/mol. The first-order valence-electron chi connectivity index (χ1n) is 11.2. The largest absolute Gasteiger partial charge is 0.367 e. The number of carbonyl (C=O) groups excluding carboxylic acids is 2. The summed E-state index contributed by atoms with van der Waals surface area (Å²) in [6.45, 7) is 3.85. The minimum atomic E-state index is -0.859. The Morgan fingerprint density at radius 3 is 2.85 bits per heavy atom. The molecule has 2 aromatic rings. The van der Waals surface area contributed by atoms with Crippen LogP contribution >= 0.6 is 0 Å². The summed E-state index contributed by atoms with van der Waals surface area (Å²) in [4.78, 5) is 25.9. The normalized spacial score (nSPS) is 18.7. The molecule has 8 heteroatoms. The molecule has 4 rings (SSSR count). The molecule has 2 amide bonds. The average molecular weight is 451 g/mol. The van der Waals surface area contributed by atoms with Crippen molar-refractivity contribution in [3.63, 3.8) is 0 Å². The summed E-state index contributed by atoms with van der Waals surface area (Å²) in [5.74, 6) is -0.788. The Hall–Kier alpha value is -3.28. The highest BCUT2D eigenvalue weighted by Gasteiger charge is 2.25. The van der Waals surface area contributed by atoms with Crippen molar-refractivity contribution in [1.82, 2.24) is 10.6 Å². The fourth-order valence-corrected chi connectivity index (χ4v) is 4.30. The standard InChI is InChI=1S/C25H27FN4O3/c1-16(31)30-9-7-20-11-17(5-6-23(20)30)18-3-4-19(22(26)13-18)12-21(14-27)29-25(32)24-15-28-8-2-10-33-24/h3-6,11,13,21,24,28H,2,7-10,12,15H2,1H3,(H,29,32)/t21-,24?/m0/s1. The van der Waals surface area contributed by atoms with Crippen LogP contribution in [-0.4, -0.2) is 50.2 Å². The molecule has 1 saturated heterocycles. The van der Waals surface area contributed by atoms with Gasteiger partial charge in [0.05, 0.1) is 6.07 Å². The summed E-state index contributed by atoms with van der Waals surface area (Å²) >= 11 is 0. The van der Waals surface area contributed by atoms with Gasteiger partial charge in [-0.1, -0.05) is 18.2 Å². The third-order valence-electron chi connectivity index (χ3n) is 6.08. The summed E-state index contributed by atoms with van der Waals surface area (Å²) in [7, 11) is 0. The third-order valence-corrected chi connectivity index (χ3v) is 6.08. The number of amides is 2. The minimum absolute atomic E-state index is 0.0119. The van der Waals surface area contributed by atoms with E-state index >= 15 is 0 Å². The van der Waals surface area contributed by atoms with Gasteiger partial charge in [0.2, 0.25) is 5.91 Å². The van der Waals surface area contributed by atoms with Gasteiger partial charge in [-0.25, -0.2) is 4.39 Å². The van der Waals surface area contributed by atoms with E-state index in [0.717, 1.165) is 41.8 Å². The predicted octanol–water partition coefficient (Wildman–Crippen LogP) is 2.33. The van der Waals surface area contributed by atoms with E-state index in [1.807, 2.05) is 30.3 Å². The van der Waals surface area contributed by atoms with Crippen LogP contribution in [0.15, 0.2) is 36.4 Å². The molecule has 7 nitrogen and oxygen atoms in total. The number of halogens is 1. The molecule has 0 spiro atoms. The molecule has 2 atom stereocenters. The molecule has 0 bridgehead atoms. The maximum Gasteiger partial charge on any atom is 0.251 e.